The Morgan fingerprint density at radius 3 is 2.65 bits per heavy atom. The van der Waals surface area contributed by atoms with Crippen LogP contribution in [0.4, 0.5) is 8.78 Å². The van der Waals surface area contributed by atoms with Crippen molar-refractivity contribution in [2.24, 2.45) is 0 Å². The van der Waals surface area contributed by atoms with E-state index in [1.165, 1.54) is 17.4 Å². The third kappa shape index (κ3) is 3.29. The van der Waals surface area contributed by atoms with Crippen molar-refractivity contribution in [2.75, 3.05) is 6.54 Å². The highest BCUT2D eigenvalue weighted by Crippen LogP contribution is 2.20. The highest BCUT2D eigenvalue weighted by molar-refractivity contribution is 7.07. The van der Waals surface area contributed by atoms with E-state index in [1.807, 2.05) is 16.8 Å². The van der Waals surface area contributed by atoms with E-state index in [-0.39, 0.29) is 12.6 Å². The molecule has 0 saturated carbocycles. The van der Waals surface area contributed by atoms with E-state index in [4.69, 9.17) is 0 Å². The molecule has 0 saturated heterocycles. The van der Waals surface area contributed by atoms with Gasteiger partial charge in [0.15, 0.2) is 0 Å². The van der Waals surface area contributed by atoms with Crippen LogP contribution in [-0.4, -0.2) is 22.2 Å². The third-order valence-electron chi connectivity index (χ3n) is 3.42. The summed E-state index contributed by atoms with van der Waals surface area (Å²) < 4.78 is 29.0. The van der Waals surface area contributed by atoms with E-state index in [0.717, 1.165) is 17.7 Å². The van der Waals surface area contributed by atoms with Crippen molar-refractivity contribution in [3.63, 3.8) is 0 Å². The first kappa shape index (κ1) is 15.4. The molecule has 1 atom stereocenters. The highest BCUT2D eigenvalue weighted by atomic mass is 32.1. The fourth-order valence-electron chi connectivity index (χ4n) is 2.29. The van der Waals surface area contributed by atoms with Crippen molar-refractivity contribution >= 4 is 17.2 Å². The van der Waals surface area contributed by atoms with Crippen LogP contribution < -0.4 is 5.32 Å². The topological polar surface area (TPSA) is 46.9 Å². The maximum absolute atomic E-state index is 13.7. The molecule has 0 aliphatic carbocycles. The summed E-state index contributed by atoms with van der Waals surface area (Å²) in [6, 6.07) is 6.79. The molecule has 0 fully saturated rings. The van der Waals surface area contributed by atoms with Gasteiger partial charge >= 0.3 is 0 Å². The third-order valence-corrected chi connectivity index (χ3v) is 4.12. The van der Waals surface area contributed by atoms with Gasteiger partial charge in [0, 0.05) is 18.9 Å². The summed E-state index contributed by atoms with van der Waals surface area (Å²) in [6.07, 6.45) is 3.41. The van der Waals surface area contributed by atoms with Gasteiger partial charge in [-0.15, -0.1) is 0 Å². The Hall–Kier alpha value is -2.54. The highest BCUT2D eigenvalue weighted by Gasteiger charge is 2.20. The summed E-state index contributed by atoms with van der Waals surface area (Å²) in [5.41, 5.74) is 0.394. The van der Waals surface area contributed by atoms with Crippen molar-refractivity contribution in [2.45, 2.75) is 6.04 Å². The quantitative estimate of drug-likeness (QED) is 0.779. The number of benzene rings is 1. The second-order valence-electron chi connectivity index (χ2n) is 4.87. The first-order valence-corrected chi connectivity index (χ1v) is 7.84. The number of halogens is 2. The first-order valence-electron chi connectivity index (χ1n) is 6.90. The molecule has 7 heteroatoms. The molecule has 3 aromatic rings. The second kappa shape index (κ2) is 6.70. The summed E-state index contributed by atoms with van der Waals surface area (Å²) in [7, 11) is 0. The zero-order chi connectivity index (χ0) is 16.2. The molecule has 118 valence electrons. The second-order valence-corrected chi connectivity index (χ2v) is 5.65. The van der Waals surface area contributed by atoms with Gasteiger partial charge in [-0.05, 0) is 40.6 Å². The fourth-order valence-corrected chi connectivity index (χ4v) is 2.99. The van der Waals surface area contributed by atoms with Crippen LogP contribution >= 0.6 is 11.3 Å². The minimum atomic E-state index is -0.881. The summed E-state index contributed by atoms with van der Waals surface area (Å²) in [4.78, 5) is 12.1. The Bertz CT molecular complexity index is 733. The standard InChI is InChI=1S/C16H13F2N3OS/c17-12-3-1-4-13(18)15(12)16(22)19-9-14(11-5-8-23-10-11)21-7-2-6-20-21/h1-8,10,14H,9H2,(H,19,22). The van der Waals surface area contributed by atoms with Crippen LogP contribution in [0.15, 0.2) is 53.5 Å². The molecule has 3 rings (SSSR count). The Balaban J connectivity index is 1.78. The minimum absolute atomic E-state index is 0.172. The lowest BCUT2D eigenvalue weighted by Gasteiger charge is -2.17. The Labute approximate surface area is 135 Å². The first-order chi connectivity index (χ1) is 11.2. The van der Waals surface area contributed by atoms with Crippen molar-refractivity contribution in [3.8, 4) is 0 Å². The van der Waals surface area contributed by atoms with Crippen LogP contribution in [0.25, 0.3) is 0 Å². The van der Waals surface area contributed by atoms with Crippen LogP contribution in [0.5, 0.6) is 0 Å². The van der Waals surface area contributed by atoms with Crippen LogP contribution in [0, 0.1) is 11.6 Å². The molecule has 1 aromatic carbocycles. The van der Waals surface area contributed by atoms with Crippen LogP contribution in [0.2, 0.25) is 0 Å². The van der Waals surface area contributed by atoms with Gasteiger partial charge in [0.1, 0.15) is 17.2 Å². The predicted molar refractivity (Wildman–Crippen MR) is 83.4 cm³/mol. The Kier molecular flexibility index (Phi) is 4.47. The zero-order valence-corrected chi connectivity index (χ0v) is 12.8. The van der Waals surface area contributed by atoms with Gasteiger partial charge < -0.3 is 5.32 Å². The van der Waals surface area contributed by atoms with E-state index in [1.54, 1.807) is 23.1 Å². The normalized spacial score (nSPS) is 12.1. The average molecular weight is 333 g/mol. The lowest BCUT2D eigenvalue weighted by molar-refractivity contribution is 0.0941. The van der Waals surface area contributed by atoms with Gasteiger partial charge in [0.2, 0.25) is 0 Å². The molecule has 0 aliphatic rings. The zero-order valence-electron chi connectivity index (χ0n) is 11.9. The number of hydrogen-bond acceptors (Lipinski definition) is 3. The molecular formula is C16H13F2N3OS. The Morgan fingerprint density at radius 1 is 1.26 bits per heavy atom. The van der Waals surface area contributed by atoms with Crippen LogP contribution in [0.3, 0.4) is 0 Å². The molecule has 0 aliphatic heterocycles. The summed E-state index contributed by atoms with van der Waals surface area (Å²) in [5, 5.41) is 10.6. The SMILES string of the molecule is O=C(NCC(c1ccsc1)n1cccn1)c1c(F)cccc1F. The number of aromatic nitrogens is 2. The molecule has 1 unspecified atom stereocenters. The molecule has 0 bridgehead atoms. The molecule has 1 N–H and O–H groups in total. The van der Waals surface area contributed by atoms with Crippen LogP contribution in [-0.2, 0) is 0 Å². The van der Waals surface area contributed by atoms with Gasteiger partial charge in [-0.3, -0.25) is 9.48 Å². The molecule has 2 heterocycles. The summed E-state index contributed by atoms with van der Waals surface area (Å²) in [6.45, 7) is 0.172. The largest absolute Gasteiger partial charge is 0.349 e. The van der Waals surface area contributed by atoms with Gasteiger partial charge in [0.05, 0.1) is 6.04 Å². The monoisotopic (exact) mass is 333 g/mol. The molecule has 1 amide bonds. The molecular weight excluding hydrogens is 320 g/mol. The van der Waals surface area contributed by atoms with E-state index in [2.05, 4.69) is 10.4 Å². The van der Waals surface area contributed by atoms with Gasteiger partial charge in [-0.25, -0.2) is 8.78 Å². The smallest absolute Gasteiger partial charge is 0.257 e. The molecule has 0 radical (unpaired) electrons. The molecule has 2 aromatic heterocycles. The number of carbonyl (C=O) groups excluding carboxylic acids is 1. The van der Waals surface area contributed by atoms with Crippen molar-refractivity contribution in [1.82, 2.24) is 15.1 Å². The summed E-state index contributed by atoms with van der Waals surface area (Å²) in [5.74, 6) is -2.55. The van der Waals surface area contributed by atoms with Gasteiger partial charge in [0.25, 0.3) is 5.91 Å². The van der Waals surface area contributed by atoms with Crippen molar-refractivity contribution in [3.05, 3.63) is 76.2 Å². The van der Waals surface area contributed by atoms with E-state index < -0.39 is 23.1 Å². The molecule has 23 heavy (non-hydrogen) atoms. The van der Waals surface area contributed by atoms with E-state index in [9.17, 15) is 13.6 Å². The molecule has 0 spiro atoms. The fraction of sp³-hybridized carbons (Fsp3) is 0.125. The van der Waals surface area contributed by atoms with Crippen molar-refractivity contribution in [1.29, 1.82) is 0 Å². The molecule has 4 nitrogen and oxygen atoms in total. The number of nitrogens with one attached hydrogen (secondary N) is 1. The minimum Gasteiger partial charge on any atom is -0.349 e. The number of hydrogen-bond donors (Lipinski definition) is 1. The van der Waals surface area contributed by atoms with E-state index in [0.29, 0.717) is 0 Å². The number of thiophene rings is 1. The maximum Gasteiger partial charge on any atom is 0.257 e. The number of amides is 1. The van der Waals surface area contributed by atoms with Crippen molar-refractivity contribution < 1.29 is 13.6 Å². The number of carbonyl (C=O) groups is 1. The Morgan fingerprint density at radius 2 is 2.04 bits per heavy atom. The lowest BCUT2D eigenvalue weighted by Crippen LogP contribution is -2.32. The lowest BCUT2D eigenvalue weighted by atomic mass is 10.1. The predicted octanol–water partition coefficient (Wildman–Crippen LogP) is 3.24. The van der Waals surface area contributed by atoms with Crippen LogP contribution in [0.1, 0.15) is 22.0 Å². The maximum atomic E-state index is 13.7. The number of nitrogens with zero attached hydrogens (tertiary/aromatic N) is 2. The average Bonchev–Trinajstić information content (AvgIpc) is 3.21. The summed E-state index contributed by atoms with van der Waals surface area (Å²) >= 11 is 1.53. The number of rotatable bonds is 5. The van der Waals surface area contributed by atoms with Gasteiger partial charge in [-0.2, -0.15) is 16.4 Å². The van der Waals surface area contributed by atoms with E-state index >= 15 is 0 Å². The van der Waals surface area contributed by atoms with Gasteiger partial charge in [-0.1, -0.05) is 6.07 Å².